The third-order valence-electron chi connectivity index (χ3n) is 5.10. The number of carbonyl (C=O) groups is 2. The maximum absolute atomic E-state index is 12.9. The van der Waals surface area contributed by atoms with E-state index in [1.165, 1.54) is 5.56 Å². The molecule has 1 unspecified atom stereocenters. The molecule has 1 heterocycles. The number of hydrogen-bond acceptors (Lipinski definition) is 2. The molecule has 1 saturated heterocycles. The first kappa shape index (κ1) is 20.5. The van der Waals surface area contributed by atoms with Crippen LogP contribution in [0.1, 0.15) is 58.4 Å². The van der Waals surface area contributed by atoms with E-state index in [1.54, 1.807) is 0 Å². The average molecular weight is 359 g/mol. The Balaban J connectivity index is 1.85. The molecular weight excluding hydrogens is 324 g/mol. The Hall–Kier alpha value is -1.84. The zero-order chi connectivity index (χ0) is 18.9. The maximum atomic E-state index is 12.9. The summed E-state index contributed by atoms with van der Waals surface area (Å²) in [6.07, 6.45) is 5.26. The summed E-state index contributed by atoms with van der Waals surface area (Å²) >= 11 is 0. The molecule has 4 nitrogen and oxygen atoms in total. The smallest absolute Gasteiger partial charge is 0.245 e. The molecule has 0 spiro atoms. The standard InChI is InChI=1S/C22H34N2O2/c1-4-8-20(23-21(25)15-17(2)3)22(26)24-13-11-19(12-14-24)16-18-9-6-5-7-10-18/h5-7,9-10,17,19-20H,4,8,11-16H2,1-3H3,(H,23,25). The fourth-order valence-corrected chi connectivity index (χ4v) is 3.70. The molecule has 0 saturated carbocycles. The number of rotatable bonds is 8. The third-order valence-corrected chi connectivity index (χ3v) is 5.10. The third kappa shape index (κ3) is 6.47. The number of amides is 2. The zero-order valence-electron chi connectivity index (χ0n) is 16.5. The van der Waals surface area contributed by atoms with E-state index >= 15 is 0 Å². The van der Waals surface area contributed by atoms with Crippen LogP contribution in [0.2, 0.25) is 0 Å². The van der Waals surface area contributed by atoms with Crippen molar-refractivity contribution in [3.63, 3.8) is 0 Å². The molecule has 4 heteroatoms. The molecule has 26 heavy (non-hydrogen) atoms. The SMILES string of the molecule is CCCC(NC(=O)CC(C)C)C(=O)N1CCC(Cc2ccccc2)CC1. The van der Waals surface area contributed by atoms with Gasteiger partial charge in [0.2, 0.25) is 11.8 Å². The van der Waals surface area contributed by atoms with Crippen LogP contribution in [0.5, 0.6) is 0 Å². The molecule has 2 rings (SSSR count). The van der Waals surface area contributed by atoms with E-state index in [9.17, 15) is 9.59 Å². The average Bonchev–Trinajstić information content (AvgIpc) is 2.61. The lowest BCUT2D eigenvalue weighted by Gasteiger charge is -2.34. The largest absolute Gasteiger partial charge is 0.344 e. The van der Waals surface area contributed by atoms with Crippen molar-refractivity contribution in [3.05, 3.63) is 35.9 Å². The highest BCUT2D eigenvalue weighted by molar-refractivity contribution is 5.87. The predicted octanol–water partition coefficient (Wildman–Crippen LogP) is 3.80. The molecular formula is C22H34N2O2. The van der Waals surface area contributed by atoms with Crippen molar-refractivity contribution in [2.75, 3.05) is 13.1 Å². The van der Waals surface area contributed by atoms with Gasteiger partial charge in [0.05, 0.1) is 0 Å². The zero-order valence-corrected chi connectivity index (χ0v) is 16.5. The Kier molecular flexibility index (Phi) is 8.14. The fraction of sp³-hybridized carbons (Fsp3) is 0.636. The van der Waals surface area contributed by atoms with Gasteiger partial charge in [-0.1, -0.05) is 57.5 Å². The Morgan fingerprint density at radius 3 is 2.38 bits per heavy atom. The lowest BCUT2D eigenvalue weighted by Crippen LogP contribution is -2.51. The molecule has 1 aromatic rings. The highest BCUT2D eigenvalue weighted by Crippen LogP contribution is 2.22. The van der Waals surface area contributed by atoms with Crippen LogP contribution in [0.25, 0.3) is 0 Å². The van der Waals surface area contributed by atoms with E-state index in [0.717, 1.165) is 38.8 Å². The molecule has 0 aliphatic carbocycles. The van der Waals surface area contributed by atoms with E-state index in [4.69, 9.17) is 0 Å². The quantitative estimate of drug-likeness (QED) is 0.768. The lowest BCUT2D eigenvalue weighted by atomic mass is 9.90. The van der Waals surface area contributed by atoms with Crippen molar-refractivity contribution in [3.8, 4) is 0 Å². The second-order valence-corrected chi connectivity index (χ2v) is 7.97. The first-order valence-corrected chi connectivity index (χ1v) is 10.1. The van der Waals surface area contributed by atoms with Crippen LogP contribution in [0.4, 0.5) is 0 Å². The Labute approximate surface area is 158 Å². The van der Waals surface area contributed by atoms with Crippen molar-refractivity contribution in [2.45, 2.75) is 65.3 Å². The number of piperidine rings is 1. The van der Waals surface area contributed by atoms with E-state index in [2.05, 4.69) is 36.5 Å². The Morgan fingerprint density at radius 2 is 1.81 bits per heavy atom. The number of hydrogen-bond donors (Lipinski definition) is 1. The molecule has 0 radical (unpaired) electrons. The lowest BCUT2D eigenvalue weighted by molar-refractivity contribution is -0.138. The molecule has 1 N–H and O–H groups in total. The minimum atomic E-state index is -0.364. The molecule has 1 aliphatic rings. The van der Waals surface area contributed by atoms with Crippen molar-refractivity contribution < 1.29 is 9.59 Å². The van der Waals surface area contributed by atoms with E-state index in [0.29, 0.717) is 24.7 Å². The molecule has 144 valence electrons. The van der Waals surface area contributed by atoms with Gasteiger partial charge in [-0.05, 0) is 43.1 Å². The van der Waals surface area contributed by atoms with E-state index in [1.807, 2.05) is 24.8 Å². The van der Waals surface area contributed by atoms with Gasteiger partial charge >= 0.3 is 0 Å². The van der Waals surface area contributed by atoms with Gasteiger partial charge in [0, 0.05) is 19.5 Å². The summed E-state index contributed by atoms with van der Waals surface area (Å²) in [4.78, 5) is 26.9. The Bertz CT molecular complexity index is 563. The summed E-state index contributed by atoms with van der Waals surface area (Å²) < 4.78 is 0. The molecule has 0 bridgehead atoms. The fourth-order valence-electron chi connectivity index (χ4n) is 3.70. The van der Waals surface area contributed by atoms with Crippen LogP contribution in [0.15, 0.2) is 30.3 Å². The first-order valence-electron chi connectivity index (χ1n) is 10.1. The van der Waals surface area contributed by atoms with Gasteiger partial charge in [-0.2, -0.15) is 0 Å². The van der Waals surface area contributed by atoms with Crippen LogP contribution >= 0.6 is 0 Å². The number of nitrogens with zero attached hydrogens (tertiary/aromatic N) is 1. The molecule has 1 fully saturated rings. The van der Waals surface area contributed by atoms with Gasteiger partial charge in [-0.15, -0.1) is 0 Å². The number of benzene rings is 1. The highest BCUT2D eigenvalue weighted by atomic mass is 16.2. The normalized spacial score (nSPS) is 16.5. The van der Waals surface area contributed by atoms with Crippen LogP contribution in [0, 0.1) is 11.8 Å². The van der Waals surface area contributed by atoms with Gasteiger partial charge in [0.25, 0.3) is 0 Å². The number of likely N-dealkylation sites (tertiary alicyclic amines) is 1. The second kappa shape index (κ2) is 10.3. The summed E-state index contributed by atoms with van der Waals surface area (Å²) in [6.45, 7) is 7.70. The molecule has 1 aromatic carbocycles. The first-order chi connectivity index (χ1) is 12.5. The topological polar surface area (TPSA) is 49.4 Å². The monoisotopic (exact) mass is 358 g/mol. The van der Waals surface area contributed by atoms with Crippen LogP contribution in [-0.2, 0) is 16.0 Å². The maximum Gasteiger partial charge on any atom is 0.245 e. The second-order valence-electron chi connectivity index (χ2n) is 7.97. The van der Waals surface area contributed by atoms with E-state index in [-0.39, 0.29) is 17.9 Å². The van der Waals surface area contributed by atoms with Gasteiger partial charge in [0.1, 0.15) is 6.04 Å². The minimum absolute atomic E-state index is 0.00855. The van der Waals surface area contributed by atoms with Crippen LogP contribution < -0.4 is 5.32 Å². The van der Waals surface area contributed by atoms with Gasteiger partial charge in [-0.25, -0.2) is 0 Å². The molecule has 2 amide bonds. The molecule has 1 atom stereocenters. The van der Waals surface area contributed by atoms with Crippen LogP contribution in [-0.4, -0.2) is 35.8 Å². The van der Waals surface area contributed by atoms with Gasteiger partial charge in [0.15, 0.2) is 0 Å². The summed E-state index contributed by atoms with van der Waals surface area (Å²) in [5.74, 6) is 1.04. The summed E-state index contributed by atoms with van der Waals surface area (Å²) in [5, 5.41) is 2.97. The predicted molar refractivity (Wildman–Crippen MR) is 106 cm³/mol. The van der Waals surface area contributed by atoms with Gasteiger partial charge < -0.3 is 10.2 Å². The van der Waals surface area contributed by atoms with Crippen molar-refractivity contribution in [2.24, 2.45) is 11.8 Å². The summed E-state index contributed by atoms with van der Waals surface area (Å²) in [7, 11) is 0. The summed E-state index contributed by atoms with van der Waals surface area (Å²) in [6, 6.07) is 10.2. The molecule has 0 aromatic heterocycles. The van der Waals surface area contributed by atoms with Crippen molar-refractivity contribution in [1.82, 2.24) is 10.2 Å². The van der Waals surface area contributed by atoms with E-state index < -0.39 is 0 Å². The highest BCUT2D eigenvalue weighted by Gasteiger charge is 2.28. The number of carbonyl (C=O) groups excluding carboxylic acids is 2. The number of nitrogens with one attached hydrogen (secondary N) is 1. The van der Waals surface area contributed by atoms with Gasteiger partial charge in [-0.3, -0.25) is 9.59 Å². The Morgan fingerprint density at radius 1 is 1.15 bits per heavy atom. The van der Waals surface area contributed by atoms with Crippen LogP contribution in [0.3, 0.4) is 0 Å². The van der Waals surface area contributed by atoms with Crippen molar-refractivity contribution in [1.29, 1.82) is 0 Å². The summed E-state index contributed by atoms with van der Waals surface area (Å²) in [5.41, 5.74) is 1.38. The van der Waals surface area contributed by atoms with Crippen molar-refractivity contribution >= 4 is 11.8 Å². The minimum Gasteiger partial charge on any atom is -0.344 e. The molecule has 1 aliphatic heterocycles.